The highest BCUT2D eigenvalue weighted by molar-refractivity contribution is 5.89. The fourth-order valence-corrected chi connectivity index (χ4v) is 3.35. The summed E-state index contributed by atoms with van der Waals surface area (Å²) in [5.74, 6) is -3.21. The number of unbranched alkanes of at least 4 members (excludes halogenated alkanes) is 12. The second kappa shape index (κ2) is 17.7. The molecule has 3 N–H and O–H groups in total. The third-order valence-corrected chi connectivity index (χ3v) is 5.19. The Kier molecular flexibility index (Phi) is 17.1. The fraction of sp³-hybridized carbons (Fsp3) is 0.818. The van der Waals surface area contributed by atoms with Crippen molar-refractivity contribution in [3.05, 3.63) is 11.5 Å². The number of hydrogen-bond acceptors (Lipinski definition) is 7. The lowest BCUT2D eigenvalue weighted by Crippen LogP contribution is -2.33. The molecule has 0 unspecified atom stereocenters. The minimum atomic E-state index is -1.42. The van der Waals surface area contributed by atoms with Crippen molar-refractivity contribution in [3.63, 3.8) is 0 Å². The first-order chi connectivity index (χ1) is 14.0. The van der Waals surface area contributed by atoms with Crippen LogP contribution in [0.15, 0.2) is 11.5 Å². The number of carbonyl (C=O) groups excluding carboxylic acids is 2. The van der Waals surface area contributed by atoms with Gasteiger partial charge in [0.15, 0.2) is 11.9 Å². The first-order valence-electron chi connectivity index (χ1n) is 11.1. The zero-order valence-corrected chi connectivity index (χ0v) is 17.7. The molecule has 0 fully saturated rings. The van der Waals surface area contributed by atoms with Gasteiger partial charge >= 0.3 is 35.0 Å². The SMILES string of the molecule is CCCCCCCCCCCCCCCC(=O)OC[C@H](O)[C@H]1OC(=O)C(O)=C1O.[MgH2]. The first kappa shape index (κ1) is 29.0. The summed E-state index contributed by atoms with van der Waals surface area (Å²) in [5, 5.41) is 28.5. The van der Waals surface area contributed by atoms with Gasteiger partial charge in [0.1, 0.15) is 12.7 Å². The normalized spacial score (nSPS) is 16.9. The van der Waals surface area contributed by atoms with Crippen LogP contribution in [0, 0.1) is 0 Å². The third-order valence-electron chi connectivity index (χ3n) is 5.19. The van der Waals surface area contributed by atoms with Crippen molar-refractivity contribution in [1.82, 2.24) is 0 Å². The van der Waals surface area contributed by atoms with Gasteiger partial charge in [-0.15, -0.1) is 0 Å². The lowest BCUT2D eigenvalue weighted by atomic mass is 10.0. The van der Waals surface area contributed by atoms with Crippen LogP contribution in [0.3, 0.4) is 0 Å². The zero-order valence-electron chi connectivity index (χ0n) is 17.7. The minimum Gasteiger partial charge on any atom is -0.505 e. The van der Waals surface area contributed by atoms with Crippen LogP contribution >= 0.6 is 0 Å². The number of hydrogen-bond donors (Lipinski definition) is 3. The molecule has 172 valence electrons. The van der Waals surface area contributed by atoms with E-state index in [2.05, 4.69) is 11.7 Å². The van der Waals surface area contributed by atoms with E-state index in [0.29, 0.717) is 0 Å². The Hall–Kier alpha value is -0.994. The number of cyclic esters (lactones) is 1. The third kappa shape index (κ3) is 12.0. The lowest BCUT2D eigenvalue weighted by molar-refractivity contribution is -0.154. The second-order valence-corrected chi connectivity index (χ2v) is 7.80. The van der Waals surface area contributed by atoms with Crippen molar-refractivity contribution in [2.75, 3.05) is 6.61 Å². The molecule has 1 aliphatic heterocycles. The van der Waals surface area contributed by atoms with Gasteiger partial charge < -0.3 is 24.8 Å². The molecule has 2 atom stereocenters. The molecule has 0 aromatic carbocycles. The van der Waals surface area contributed by atoms with Gasteiger partial charge in [-0.3, -0.25) is 4.79 Å². The van der Waals surface area contributed by atoms with E-state index in [1.807, 2.05) is 0 Å². The molecule has 0 saturated heterocycles. The fourth-order valence-electron chi connectivity index (χ4n) is 3.35. The largest absolute Gasteiger partial charge is 0.505 e. The van der Waals surface area contributed by atoms with Crippen LogP contribution in [0.5, 0.6) is 0 Å². The number of rotatable bonds is 17. The predicted octanol–water partition coefficient (Wildman–Crippen LogP) is 3.71. The Morgan fingerprint density at radius 2 is 1.40 bits per heavy atom. The monoisotopic (exact) mass is 440 g/mol. The smallest absolute Gasteiger partial charge is 0.377 e. The molecule has 0 saturated carbocycles. The summed E-state index contributed by atoms with van der Waals surface area (Å²) in [4.78, 5) is 22.8. The van der Waals surface area contributed by atoms with Crippen molar-refractivity contribution in [1.29, 1.82) is 0 Å². The standard InChI is InChI=1S/C22H38O7.Mg.2H/c1-2-3-4-5-6-7-8-9-10-11-12-13-14-15-18(24)28-16-17(23)21-19(25)20(26)22(27)29-21;;;/h17,21,23,25-26H,2-16H2,1H3;;;/t17-,21+;;;/m0.../s1. The maximum absolute atomic E-state index is 11.7. The van der Waals surface area contributed by atoms with Crippen molar-refractivity contribution in [2.45, 2.75) is 109 Å². The molecule has 7 nitrogen and oxygen atoms in total. The summed E-state index contributed by atoms with van der Waals surface area (Å²) in [6.45, 7) is 1.83. The average Bonchev–Trinajstić information content (AvgIpc) is 2.97. The highest BCUT2D eigenvalue weighted by Gasteiger charge is 2.39. The van der Waals surface area contributed by atoms with Crippen LogP contribution in [0.1, 0.15) is 96.8 Å². The average molecular weight is 441 g/mol. The molecule has 0 aliphatic carbocycles. The molecular formula is C22H40MgO7. The van der Waals surface area contributed by atoms with Gasteiger partial charge in [-0.25, -0.2) is 4.79 Å². The van der Waals surface area contributed by atoms with Crippen LogP contribution in [0.25, 0.3) is 0 Å². The van der Waals surface area contributed by atoms with E-state index in [4.69, 9.17) is 4.74 Å². The highest BCUT2D eigenvalue weighted by Crippen LogP contribution is 2.21. The van der Waals surface area contributed by atoms with Crippen LogP contribution in [0.4, 0.5) is 0 Å². The molecular weight excluding hydrogens is 401 g/mol. The van der Waals surface area contributed by atoms with Gasteiger partial charge in [0, 0.05) is 6.42 Å². The summed E-state index contributed by atoms with van der Waals surface area (Å²) in [7, 11) is 0. The molecule has 1 heterocycles. The van der Waals surface area contributed by atoms with E-state index in [1.54, 1.807) is 0 Å². The quantitative estimate of drug-likeness (QED) is 0.179. The minimum absolute atomic E-state index is 0. The molecule has 1 aliphatic rings. The Labute approximate surface area is 196 Å². The molecule has 0 bridgehead atoms. The van der Waals surface area contributed by atoms with Gasteiger partial charge in [0.2, 0.25) is 5.76 Å². The van der Waals surface area contributed by atoms with Crippen molar-refractivity contribution in [3.8, 4) is 0 Å². The maximum Gasteiger partial charge on any atom is 0.377 e. The van der Waals surface area contributed by atoms with Crippen molar-refractivity contribution in [2.24, 2.45) is 0 Å². The van der Waals surface area contributed by atoms with Crippen LogP contribution in [-0.4, -0.2) is 69.1 Å². The highest BCUT2D eigenvalue weighted by atomic mass is 24.3. The van der Waals surface area contributed by atoms with Crippen LogP contribution in [0.2, 0.25) is 0 Å². The topological polar surface area (TPSA) is 113 Å². The van der Waals surface area contributed by atoms with E-state index < -0.39 is 42.3 Å². The van der Waals surface area contributed by atoms with E-state index in [-0.39, 0.29) is 29.5 Å². The number of carbonyl (C=O) groups is 2. The molecule has 0 aromatic rings. The number of ether oxygens (including phenoxy) is 2. The van der Waals surface area contributed by atoms with Crippen molar-refractivity contribution < 1.29 is 34.4 Å². The van der Waals surface area contributed by atoms with E-state index in [1.165, 1.54) is 64.2 Å². The van der Waals surface area contributed by atoms with Gasteiger partial charge in [-0.1, -0.05) is 84.0 Å². The lowest BCUT2D eigenvalue weighted by Gasteiger charge is -2.17. The van der Waals surface area contributed by atoms with E-state index >= 15 is 0 Å². The summed E-state index contributed by atoms with van der Waals surface area (Å²) >= 11 is 0. The first-order valence-corrected chi connectivity index (χ1v) is 11.1. The predicted molar refractivity (Wildman–Crippen MR) is 118 cm³/mol. The zero-order chi connectivity index (χ0) is 21.5. The van der Waals surface area contributed by atoms with E-state index in [9.17, 15) is 24.9 Å². The molecule has 30 heavy (non-hydrogen) atoms. The second-order valence-electron chi connectivity index (χ2n) is 7.80. The molecule has 0 radical (unpaired) electrons. The number of aliphatic hydroxyl groups is 3. The van der Waals surface area contributed by atoms with Crippen LogP contribution in [-0.2, 0) is 19.1 Å². The Morgan fingerprint density at radius 3 is 1.83 bits per heavy atom. The maximum atomic E-state index is 11.7. The number of esters is 2. The summed E-state index contributed by atoms with van der Waals surface area (Å²) in [5.41, 5.74) is 0. The molecule has 1 rings (SSSR count). The molecule has 8 heteroatoms. The summed E-state index contributed by atoms with van der Waals surface area (Å²) in [6, 6.07) is 0. The van der Waals surface area contributed by atoms with E-state index in [0.717, 1.165) is 19.3 Å². The number of aliphatic hydroxyl groups excluding tert-OH is 3. The van der Waals surface area contributed by atoms with Crippen molar-refractivity contribution >= 4 is 35.0 Å². The Morgan fingerprint density at radius 1 is 0.933 bits per heavy atom. The summed E-state index contributed by atoms with van der Waals surface area (Å²) < 4.78 is 9.55. The van der Waals surface area contributed by atoms with Gasteiger partial charge in [-0.2, -0.15) is 0 Å². The van der Waals surface area contributed by atoms with Gasteiger partial charge in [0.25, 0.3) is 0 Å². The Balaban J connectivity index is 0.00000841. The summed E-state index contributed by atoms with van der Waals surface area (Å²) in [6.07, 6.45) is 13.4. The van der Waals surface area contributed by atoms with Gasteiger partial charge in [-0.05, 0) is 6.42 Å². The van der Waals surface area contributed by atoms with Gasteiger partial charge in [0.05, 0.1) is 0 Å². The van der Waals surface area contributed by atoms with Crippen LogP contribution < -0.4 is 0 Å². The Bertz CT molecular complexity index is 522. The molecule has 0 spiro atoms. The molecule has 0 aromatic heterocycles. The molecule has 0 amide bonds.